The van der Waals surface area contributed by atoms with E-state index in [9.17, 15) is 4.79 Å². The van der Waals surface area contributed by atoms with Gasteiger partial charge in [0.05, 0.1) is 17.0 Å². The van der Waals surface area contributed by atoms with Gasteiger partial charge in [0.25, 0.3) is 5.91 Å². The van der Waals surface area contributed by atoms with Crippen LogP contribution in [0.3, 0.4) is 0 Å². The van der Waals surface area contributed by atoms with Gasteiger partial charge in [-0.05, 0) is 74.0 Å². The monoisotopic (exact) mass is 370 g/mol. The van der Waals surface area contributed by atoms with Crippen molar-refractivity contribution in [3.05, 3.63) is 35.2 Å². The largest absolute Gasteiger partial charge is 0.376 e. The number of benzene rings is 1. The topological polar surface area (TPSA) is 50.4 Å². The van der Waals surface area contributed by atoms with E-state index in [1.54, 1.807) is 11.3 Å². The van der Waals surface area contributed by atoms with Gasteiger partial charge >= 0.3 is 0 Å². The van der Waals surface area contributed by atoms with E-state index in [1.165, 1.54) is 17.5 Å². The second-order valence-corrected chi connectivity index (χ2v) is 9.28. The van der Waals surface area contributed by atoms with E-state index in [0.717, 1.165) is 48.7 Å². The fourth-order valence-electron chi connectivity index (χ4n) is 4.49. The number of fused-ring (bicyclic) bond motifs is 2. The minimum absolute atomic E-state index is 0.0561. The molecule has 2 heterocycles. The van der Waals surface area contributed by atoms with Gasteiger partial charge in [-0.3, -0.25) is 4.79 Å². The lowest BCUT2D eigenvalue weighted by Gasteiger charge is -2.38. The SMILES string of the molecule is O=C(N[C@H]1C[C@H]2CNC[C@H]2C[C@@H]1OCC1CC1)c1cc2ccccc2s1. The molecule has 5 rings (SSSR count). The van der Waals surface area contributed by atoms with Crippen LogP contribution in [0.5, 0.6) is 0 Å². The molecule has 4 nitrogen and oxygen atoms in total. The Hall–Kier alpha value is -1.43. The molecule has 2 N–H and O–H groups in total. The summed E-state index contributed by atoms with van der Waals surface area (Å²) in [6.45, 7) is 3.05. The fraction of sp³-hybridized carbons (Fsp3) is 0.571. The quantitative estimate of drug-likeness (QED) is 0.848. The van der Waals surface area contributed by atoms with Crippen LogP contribution >= 0.6 is 11.3 Å². The van der Waals surface area contributed by atoms with Crippen LogP contribution < -0.4 is 10.6 Å². The van der Waals surface area contributed by atoms with E-state index < -0.39 is 0 Å². The van der Waals surface area contributed by atoms with Crippen molar-refractivity contribution in [2.75, 3.05) is 19.7 Å². The van der Waals surface area contributed by atoms with E-state index >= 15 is 0 Å². The van der Waals surface area contributed by atoms with Gasteiger partial charge in [-0.2, -0.15) is 0 Å². The van der Waals surface area contributed by atoms with Crippen LogP contribution in [0.15, 0.2) is 30.3 Å². The minimum atomic E-state index is 0.0561. The maximum atomic E-state index is 12.9. The second-order valence-electron chi connectivity index (χ2n) is 8.19. The summed E-state index contributed by atoms with van der Waals surface area (Å²) >= 11 is 1.58. The van der Waals surface area contributed by atoms with Crippen molar-refractivity contribution in [1.29, 1.82) is 0 Å². The standard InChI is InChI=1S/C21H26N2O2S/c24-21(20-9-14-3-1-2-4-19(14)26-20)23-17-7-15-10-22-11-16(15)8-18(17)25-12-13-5-6-13/h1-4,9,13,15-18,22H,5-8,10-12H2,(H,23,24)/t15-,16+,17-,18-/m0/s1. The molecule has 0 spiro atoms. The number of hydrogen-bond acceptors (Lipinski definition) is 4. The molecule has 2 aliphatic carbocycles. The second kappa shape index (κ2) is 6.95. The summed E-state index contributed by atoms with van der Waals surface area (Å²) in [5.41, 5.74) is 0. The van der Waals surface area contributed by atoms with E-state index in [-0.39, 0.29) is 18.1 Å². The van der Waals surface area contributed by atoms with Crippen molar-refractivity contribution < 1.29 is 9.53 Å². The number of carbonyl (C=O) groups is 1. The Bertz CT molecular complexity index is 767. The van der Waals surface area contributed by atoms with E-state index in [0.29, 0.717) is 11.8 Å². The van der Waals surface area contributed by atoms with Crippen LogP contribution in [0.1, 0.15) is 35.4 Å². The molecule has 0 radical (unpaired) electrons. The lowest BCUT2D eigenvalue weighted by molar-refractivity contribution is -0.0211. The molecular formula is C21H26N2O2S. The Morgan fingerprint density at radius 3 is 2.81 bits per heavy atom. The summed E-state index contributed by atoms with van der Waals surface area (Å²) in [6.07, 6.45) is 4.87. The Labute approximate surface area is 158 Å². The molecule has 3 aliphatic rings. The zero-order valence-corrected chi connectivity index (χ0v) is 15.8. The Kier molecular flexibility index (Phi) is 4.47. The molecule has 3 fully saturated rings. The van der Waals surface area contributed by atoms with Crippen molar-refractivity contribution in [1.82, 2.24) is 10.6 Å². The highest BCUT2D eigenvalue weighted by Gasteiger charge is 2.41. The molecule has 1 amide bonds. The van der Waals surface area contributed by atoms with Crippen LogP contribution in [0, 0.1) is 17.8 Å². The molecule has 1 saturated heterocycles. The lowest BCUT2D eigenvalue weighted by atomic mass is 9.77. The molecule has 1 aromatic carbocycles. The van der Waals surface area contributed by atoms with Gasteiger partial charge in [-0.25, -0.2) is 0 Å². The van der Waals surface area contributed by atoms with Gasteiger partial charge < -0.3 is 15.4 Å². The van der Waals surface area contributed by atoms with Gasteiger partial charge in [0, 0.05) is 11.3 Å². The highest BCUT2D eigenvalue weighted by Crippen LogP contribution is 2.36. The van der Waals surface area contributed by atoms with Crippen molar-refractivity contribution in [2.45, 2.75) is 37.8 Å². The molecule has 1 aliphatic heterocycles. The maximum Gasteiger partial charge on any atom is 0.261 e. The first-order chi connectivity index (χ1) is 12.8. The third-order valence-corrected chi connectivity index (χ3v) is 7.34. The van der Waals surface area contributed by atoms with Crippen molar-refractivity contribution >= 4 is 27.3 Å². The maximum absolute atomic E-state index is 12.9. The van der Waals surface area contributed by atoms with E-state index in [2.05, 4.69) is 22.8 Å². The summed E-state index contributed by atoms with van der Waals surface area (Å²) in [4.78, 5) is 13.7. The molecule has 0 unspecified atom stereocenters. The van der Waals surface area contributed by atoms with Crippen LogP contribution in [0.4, 0.5) is 0 Å². The van der Waals surface area contributed by atoms with Gasteiger partial charge in [-0.1, -0.05) is 18.2 Å². The molecule has 4 atom stereocenters. The zero-order chi connectivity index (χ0) is 17.5. The number of amides is 1. The number of ether oxygens (including phenoxy) is 1. The summed E-state index contributed by atoms with van der Waals surface area (Å²) in [7, 11) is 0. The normalized spacial score (nSPS) is 31.1. The molecule has 1 aromatic heterocycles. The predicted octanol–water partition coefficient (Wildman–Crippen LogP) is 3.42. The predicted molar refractivity (Wildman–Crippen MR) is 105 cm³/mol. The molecule has 26 heavy (non-hydrogen) atoms. The average molecular weight is 371 g/mol. The first-order valence-corrected chi connectivity index (χ1v) is 10.7. The van der Waals surface area contributed by atoms with Gasteiger partial charge in [0.15, 0.2) is 0 Å². The van der Waals surface area contributed by atoms with Gasteiger partial charge in [-0.15, -0.1) is 11.3 Å². The van der Waals surface area contributed by atoms with E-state index in [4.69, 9.17) is 4.74 Å². The summed E-state index contributed by atoms with van der Waals surface area (Å²) in [5.74, 6) is 2.19. The third kappa shape index (κ3) is 3.40. The highest BCUT2D eigenvalue weighted by molar-refractivity contribution is 7.20. The molecule has 2 aromatic rings. The number of rotatable bonds is 5. The number of hydrogen-bond donors (Lipinski definition) is 2. The van der Waals surface area contributed by atoms with Gasteiger partial charge in [0.1, 0.15) is 0 Å². The molecular weight excluding hydrogens is 344 g/mol. The number of thiophene rings is 1. The van der Waals surface area contributed by atoms with Crippen LogP contribution in [0.2, 0.25) is 0 Å². The minimum Gasteiger partial charge on any atom is -0.376 e. The lowest BCUT2D eigenvalue weighted by Crippen LogP contribution is -2.50. The number of nitrogens with one attached hydrogen (secondary N) is 2. The van der Waals surface area contributed by atoms with Crippen molar-refractivity contribution in [3.63, 3.8) is 0 Å². The Morgan fingerprint density at radius 1 is 1.19 bits per heavy atom. The Balaban J connectivity index is 1.30. The Morgan fingerprint density at radius 2 is 2.00 bits per heavy atom. The third-order valence-electron chi connectivity index (χ3n) is 6.23. The van der Waals surface area contributed by atoms with Crippen molar-refractivity contribution in [2.24, 2.45) is 17.8 Å². The van der Waals surface area contributed by atoms with Crippen LogP contribution in [0.25, 0.3) is 10.1 Å². The summed E-state index contributed by atoms with van der Waals surface area (Å²) in [6, 6.07) is 10.3. The molecule has 5 heteroatoms. The summed E-state index contributed by atoms with van der Waals surface area (Å²) in [5, 5.41) is 7.99. The molecule has 0 bridgehead atoms. The molecule has 2 saturated carbocycles. The number of carbonyl (C=O) groups excluding carboxylic acids is 1. The van der Waals surface area contributed by atoms with Crippen LogP contribution in [-0.2, 0) is 4.74 Å². The zero-order valence-electron chi connectivity index (χ0n) is 14.9. The highest BCUT2D eigenvalue weighted by atomic mass is 32.1. The first-order valence-electron chi connectivity index (χ1n) is 9.88. The van der Waals surface area contributed by atoms with Crippen molar-refractivity contribution in [3.8, 4) is 0 Å². The van der Waals surface area contributed by atoms with E-state index in [1.807, 2.05) is 18.2 Å². The smallest absolute Gasteiger partial charge is 0.261 e. The van der Waals surface area contributed by atoms with Crippen LogP contribution in [-0.4, -0.2) is 37.7 Å². The summed E-state index contributed by atoms with van der Waals surface area (Å²) < 4.78 is 7.45. The van der Waals surface area contributed by atoms with Gasteiger partial charge in [0.2, 0.25) is 0 Å². The average Bonchev–Trinajstić information content (AvgIpc) is 3.19. The first kappa shape index (κ1) is 16.7. The fourth-order valence-corrected chi connectivity index (χ4v) is 5.46. The molecule has 138 valence electrons.